The van der Waals surface area contributed by atoms with Gasteiger partial charge in [-0.2, -0.15) is 0 Å². The highest BCUT2D eigenvalue weighted by atomic mass is 32.2. The third kappa shape index (κ3) is 2.37. The van der Waals surface area contributed by atoms with Crippen LogP contribution in [0.5, 0.6) is 0 Å². The number of anilines is 1. The standard InChI is InChI=1S/C9H13N3O4S/c1-10-7-5-4-6-8(9(7)12(13)14)17(15,16)11(2)3/h4-6,10H,1-3H3. The van der Waals surface area contributed by atoms with Crippen LogP contribution in [-0.2, 0) is 10.0 Å². The molecule has 0 atom stereocenters. The van der Waals surface area contributed by atoms with E-state index in [0.29, 0.717) is 0 Å². The summed E-state index contributed by atoms with van der Waals surface area (Å²) in [6.45, 7) is 0. The molecule has 0 unspecified atom stereocenters. The van der Waals surface area contributed by atoms with Gasteiger partial charge in [-0.15, -0.1) is 0 Å². The summed E-state index contributed by atoms with van der Waals surface area (Å²) >= 11 is 0. The van der Waals surface area contributed by atoms with Crippen LogP contribution in [-0.4, -0.2) is 38.8 Å². The maximum Gasteiger partial charge on any atom is 0.312 e. The number of nitro groups is 1. The normalized spacial score (nSPS) is 11.5. The maximum absolute atomic E-state index is 11.9. The predicted octanol–water partition coefficient (Wildman–Crippen LogP) is 0.887. The van der Waals surface area contributed by atoms with Crippen LogP contribution in [0.4, 0.5) is 11.4 Å². The first-order valence-electron chi connectivity index (χ1n) is 4.70. The van der Waals surface area contributed by atoms with Crippen LogP contribution < -0.4 is 5.32 Å². The number of sulfonamides is 1. The van der Waals surface area contributed by atoms with Gasteiger partial charge in [0.15, 0.2) is 4.90 Å². The molecular weight excluding hydrogens is 246 g/mol. The summed E-state index contributed by atoms with van der Waals surface area (Å²) in [5.41, 5.74) is -0.276. The van der Waals surface area contributed by atoms with E-state index in [1.807, 2.05) is 0 Å². The van der Waals surface area contributed by atoms with Crippen molar-refractivity contribution < 1.29 is 13.3 Å². The van der Waals surface area contributed by atoms with Crippen LogP contribution in [0, 0.1) is 10.1 Å². The minimum Gasteiger partial charge on any atom is -0.383 e. The monoisotopic (exact) mass is 259 g/mol. The molecular formula is C9H13N3O4S. The molecule has 0 aromatic heterocycles. The van der Waals surface area contributed by atoms with E-state index in [4.69, 9.17) is 0 Å². The largest absolute Gasteiger partial charge is 0.383 e. The number of hydrogen-bond acceptors (Lipinski definition) is 5. The SMILES string of the molecule is CNc1cccc(S(=O)(=O)N(C)C)c1[N+](=O)[O-]. The molecule has 0 aliphatic rings. The molecule has 0 saturated heterocycles. The quantitative estimate of drug-likeness (QED) is 0.640. The van der Waals surface area contributed by atoms with Crippen LogP contribution in [0.1, 0.15) is 0 Å². The number of nitrogens with one attached hydrogen (secondary N) is 1. The highest BCUT2D eigenvalue weighted by molar-refractivity contribution is 7.89. The molecule has 0 radical (unpaired) electrons. The van der Waals surface area contributed by atoms with E-state index in [1.54, 1.807) is 0 Å². The Balaban J connectivity index is 3.61. The fourth-order valence-electron chi connectivity index (χ4n) is 1.32. The van der Waals surface area contributed by atoms with Gasteiger partial charge in [0, 0.05) is 21.1 Å². The third-order valence-corrected chi connectivity index (χ3v) is 4.06. The van der Waals surface area contributed by atoms with E-state index in [0.717, 1.165) is 4.31 Å². The molecule has 0 aliphatic heterocycles. The highest BCUT2D eigenvalue weighted by Crippen LogP contribution is 2.32. The van der Waals surface area contributed by atoms with E-state index < -0.39 is 20.6 Å². The number of para-hydroxylation sites is 1. The fraction of sp³-hybridized carbons (Fsp3) is 0.333. The molecule has 17 heavy (non-hydrogen) atoms. The van der Waals surface area contributed by atoms with Crippen molar-refractivity contribution in [2.75, 3.05) is 26.5 Å². The van der Waals surface area contributed by atoms with Gasteiger partial charge in [0.2, 0.25) is 10.0 Å². The van der Waals surface area contributed by atoms with Crippen molar-refractivity contribution in [3.63, 3.8) is 0 Å². The molecule has 0 aliphatic carbocycles. The van der Waals surface area contributed by atoms with Crippen LogP contribution in [0.2, 0.25) is 0 Å². The van der Waals surface area contributed by atoms with E-state index in [1.165, 1.54) is 39.3 Å². The Morgan fingerprint density at radius 3 is 2.35 bits per heavy atom. The average molecular weight is 259 g/mol. The van der Waals surface area contributed by atoms with Gasteiger partial charge < -0.3 is 5.32 Å². The number of nitrogens with zero attached hydrogens (tertiary/aromatic N) is 2. The lowest BCUT2D eigenvalue weighted by atomic mass is 10.3. The van der Waals surface area contributed by atoms with Crippen molar-refractivity contribution in [1.29, 1.82) is 0 Å². The molecule has 94 valence electrons. The Labute approximate surface area is 99.2 Å². The maximum atomic E-state index is 11.9. The Morgan fingerprint density at radius 2 is 1.94 bits per heavy atom. The molecule has 1 aromatic carbocycles. The smallest absolute Gasteiger partial charge is 0.312 e. The van der Waals surface area contributed by atoms with Gasteiger partial charge in [0.25, 0.3) is 0 Å². The number of nitro benzene ring substituents is 1. The second-order valence-corrected chi connectivity index (χ2v) is 5.57. The van der Waals surface area contributed by atoms with E-state index in [9.17, 15) is 18.5 Å². The van der Waals surface area contributed by atoms with Crippen molar-refractivity contribution in [3.05, 3.63) is 28.3 Å². The predicted molar refractivity (Wildman–Crippen MR) is 63.5 cm³/mol. The van der Waals surface area contributed by atoms with Crippen LogP contribution in [0.3, 0.4) is 0 Å². The molecule has 0 amide bonds. The van der Waals surface area contributed by atoms with Crippen molar-refractivity contribution >= 4 is 21.4 Å². The second kappa shape index (κ2) is 4.68. The van der Waals surface area contributed by atoms with Gasteiger partial charge in [-0.3, -0.25) is 10.1 Å². The molecule has 0 saturated carbocycles. The summed E-state index contributed by atoms with van der Waals surface area (Å²) in [4.78, 5) is 9.93. The summed E-state index contributed by atoms with van der Waals surface area (Å²) in [6.07, 6.45) is 0. The molecule has 0 spiro atoms. The van der Waals surface area contributed by atoms with Gasteiger partial charge in [-0.25, -0.2) is 12.7 Å². The number of hydrogen-bond donors (Lipinski definition) is 1. The van der Waals surface area contributed by atoms with Crippen LogP contribution in [0.25, 0.3) is 0 Å². The molecule has 8 heteroatoms. The van der Waals surface area contributed by atoms with Gasteiger partial charge in [-0.05, 0) is 12.1 Å². The zero-order valence-electron chi connectivity index (χ0n) is 9.67. The summed E-state index contributed by atoms with van der Waals surface area (Å²) in [5, 5.41) is 13.6. The van der Waals surface area contributed by atoms with E-state index >= 15 is 0 Å². The Kier molecular flexibility index (Phi) is 3.69. The first kappa shape index (κ1) is 13.4. The van der Waals surface area contributed by atoms with Gasteiger partial charge >= 0.3 is 5.69 Å². The van der Waals surface area contributed by atoms with Crippen LogP contribution in [0.15, 0.2) is 23.1 Å². The van der Waals surface area contributed by atoms with Crippen molar-refractivity contribution in [1.82, 2.24) is 4.31 Å². The third-order valence-electron chi connectivity index (χ3n) is 2.21. The minimum absolute atomic E-state index is 0.165. The Hall–Kier alpha value is -1.67. The lowest BCUT2D eigenvalue weighted by molar-refractivity contribution is -0.386. The number of benzene rings is 1. The number of rotatable bonds is 4. The summed E-state index contributed by atoms with van der Waals surface area (Å²) in [5.74, 6) is 0. The van der Waals surface area contributed by atoms with E-state index in [-0.39, 0.29) is 10.6 Å². The second-order valence-electron chi connectivity index (χ2n) is 3.45. The molecule has 1 N–H and O–H groups in total. The summed E-state index contributed by atoms with van der Waals surface area (Å²) < 4.78 is 24.8. The Bertz CT molecular complexity index is 539. The topological polar surface area (TPSA) is 92.6 Å². The molecule has 0 bridgehead atoms. The molecule has 7 nitrogen and oxygen atoms in total. The zero-order chi connectivity index (χ0) is 13.2. The minimum atomic E-state index is -3.83. The van der Waals surface area contributed by atoms with Gasteiger partial charge in [0.05, 0.1) is 4.92 Å². The van der Waals surface area contributed by atoms with Crippen molar-refractivity contribution in [3.8, 4) is 0 Å². The van der Waals surface area contributed by atoms with Gasteiger partial charge in [-0.1, -0.05) is 6.07 Å². The molecule has 0 fully saturated rings. The van der Waals surface area contributed by atoms with Crippen LogP contribution >= 0.6 is 0 Å². The summed E-state index contributed by atoms with van der Waals surface area (Å²) in [6, 6.07) is 4.12. The van der Waals surface area contributed by atoms with E-state index in [2.05, 4.69) is 5.32 Å². The first-order chi connectivity index (χ1) is 7.82. The molecule has 1 rings (SSSR count). The molecule has 1 aromatic rings. The average Bonchev–Trinajstić information content (AvgIpc) is 2.27. The zero-order valence-corrected chi connectivity index (χ0v) is 10.5. The lowest BCUT2D eigenvalue weighted by Crippen LogP contribution is -2.23. The highest BCUT2D eigenvalue weighted by Gasteiger charge is 2.30. The van der Waals surface area contributed by atoms with Crippen molar-refractivity contribution in [2.45, 2.75) is 4.90 Å². The van der Waals surface area contributed by atoms with Gasteiger partial charge in [0.1, 0.15) is 5.69 Å². The molecule has 0 heterocycles. The Morgan fingerprint density at radius 1 is 1.35 bits per heavy atom. The first-order valence-corrected chi connectivity index (χ1v) is 6.14. The summed E-state index contributed by atoms with van der Waals surface area (Å²) in [7, 11) is 0.310. The fourth-order valence-corrected chi connectivity index (χ4v) is 2.39. The van der Waals surface area contributed by atoms with Crippen molar-refractivity contribution in [2.24, 2.45) is 0 Å². The lowest BCUT2D eigenvalue weighted by Gasteiger charge is -2.12.